The van der Waals surface area contributed by atoms with Crippen molar-refractivity contribution in [2.75, 3.05) is 0 Å². The molecule has 0 aliphatic carbocycles. The highest BCUT2D eigenvalue weighted by Gasteiger charge is 2.19. The quantitative estimate of drug-likeness (QED) is 0.165. The van der Waals surface area contributed by atoms with E-state index in [1.165, 1.54) is 132 Å². The van der Waals surface area contributed by atoms with Crippen molar-refractivity contribution in [1.29, 1.82) is 0 Å². The molecule has 0 saturated heterocycles. The first kappa shape index (κ1) is 76.2. The highest BCUT2D eigenvalue weighted by Crippen LogP contribution is 2.36. The van der Waals surface area contributed by atoms with E-state index in [2.05, 4.69) is 464 Å². The topological polar surface area (TPSA) is 0 Å². The fourth-order valence-corrected chi connectivity index (χ4v) is 13.1. The summed E-state index contributed by atoms with van der Waals surface area (Å²) >= 11 is 0. The molecule has 0 amide bonds. The van der Waals surface area contributed by atoms with E-state index in [4.69, 9.17) is 0 Å². The fraction of sp³-hybridized carbons (Fsp3) is 0.231. The zero-order valence-electron chi connectivity index (χ0n) is 65.3. The summed E-state index contributed by atoms with van der Waals surface area (Å²) in [6, 6.07) is 122. The summed E-state index contributed by atoms with van der Waals surface area (Å²) in [5.41, 5.74) is 20.0. The number of fused-ring (bicyclic) bond motifs is 5. The summed E-state index contributed by atoms with van der Waals surface area (Å²) in [4.78, 5) is 0. The van der Waals surface area contributed by atoms with E-state index in [0.717, 1.165) is 0 Å². The molecule has 0 saturated carbocycles. The maximum atomic E-state index is 2.32. The molecule has 0 nitrogen and oxygen atoms in total. The lowest BCUT2D eigenvalue weighted by atomic mass is 9.84. The van der Waals surface area contributed by atoms with Crippen LogP contribution in [-0.4, -0.2) is 0 Å². The number of rotatable bonds is 4. The van der Waals surface area contributed by atoms with Crippen molar-refractivity contribution in [1.82, 2.24) is 0 Å². The molecular formula is C104H110. The lowest BCUT2D eigenvalue weighted by Gasteiger charge is -2.21. The lowest BCUT2D eigenvalue weighted by molar-refractivity contribution is 0.590. The molecule has 15 rings (SSSR count). The molecule has 15 aromatic carbocycles. The average molecular weight is 1360 g/mol. The van der Waals surface area contributed by atoms with Gasteiger partial charge in [-0.1, -0.05) is 452 Å². The van der Waals surface area contributed by atoms with Crippen LogP contribution in [0.3, 0.4) is 0 Å². The summed E-state index contributed by atoms with van der Waals surface area (Å²) in [5, 5.41) is 13.1. The molecule has 0 unspecified atom stereocenters. The second-order valence-corrected chi connectivity index (χ2v) is 33.9. The number of benzene rings is 15. The van der Waals surface area contributed by atoms with Crippen LogP contribution in [0, 0.1) is 0 Å². The van der Waals surface area contributed by atoms with Gasteiger partial charge in [0, 0.05) is 0 Å². The van der Waals surface area contributed by atoms with E-state index >= 15 is 0 Å². The van der Waals surface area contributed by atoms with E-state index in [9.17, 15) is 0 Å². The smallest absolute Gasteiger partial charge is 0.0105 e. The van der Waals surface area contributed by atoms with Crippen molar-refractivity contribution in [2.45, 2.75) is 157 Å². The Bertz CT molecular complexity index is 5240. The van der Waals surface area contributed by atoms with Crippen LogP contribution < -0.4 is 0 Å². The molecule has 0 radical (unpaired) electrons. The number of hydrogen-bond donors (Lipinski definition) is 0. The first-order valence-electron chi connectivity index (χ1n) is 37.3. The molecular weight excluding hydrogens is 1250 g/mol. The molecule has 0 atom stereocenters. The Labute approximate surface area is 624 Å². The van der Waals surface area contributed by atoms with Crippen molar-refractivity contribution in [3.63, 3.8) is 0 Å². The van der Waals surface area contributed by atoms with Gasteiger partial charge < -0.3 is 0 Å². The predicted molar refractivity (Wildman–Crippen MR) is 460 cm³/mol. The van der Waals surface area contributed by atoms with Gasteiger partial charge in [-0.2, -0.15) is 0 Å². The van der Waals surface area contributed by atoms with Gasteiger partial charge in [0.1, 0.15) is 0 Å². The van der Waals surface area contributed by atoms with Gasteiger partial charge in [0.05, 0.1) is 0 Å². The van der Waals surface area contributed by atoms with Crippen LogP contribution in [0.4, 0.5) is 0 Å². The van der Waals surface area contributed by atoms with E-state index < -0.39 is 0 Å². The first-order valence-corrected chi connectivity index (χ1v) is 37.3. The van der Waals surface area contributed by atoms with Gasteiger partial charge in [-0.15, -0.1) is 0 Å². The molecule has 0 heterocycles. The van der Waals surface area contributed by atoms with Crippen LogP contribution in [0.5, 0.6) is 0 Å². The third kappa shape index (κ3) is 20.3. The number of hydrogen-bond acceptors (Lipinski definition) is 0. The van der Waals surface area contributed by atoms with Crippen LogP contribution in [0.2, 0.25) is 0 Å². The third-order valence-corrected chi connectivity index (χ3v) is 19.6. The molecule has 0 spiro atoms. The minimum Gasteiger partial charge on any atom is -0.0622 e. The average Bonchev–Trinajstić information content (AvgIpc) is 0.818. The van der Waals surface area contributed by atoms with Crippen LogP contribution in [0.1, 0.15) is 158 Å². The van der Waals surface area contributed by atoms with E-state index in [1.807, 2.05) is 0 Å². The van der Waals surface area contributed by atoms with E-state index in [0.29, 0.717) is 5.41 Å². The summed E-state index contributed by atoms with van der Waals surface area (Å²) < 4.78 is 0. The largest absolute Gasteiger partial charge is 0.0622 e. The fourth-order valence-electron chi connectivity index (χ4n) is 13.1. The van der Waals surface area contributed by atoms with Crippen molar-refractivity contribution >= 4 is 53.9 Å². The minimum absolute atomic E-state index is 0.181. The second-order valence-electron chi connectivity index (χ2n) is 33.9. The molecule has 0 heteroatoms. The van der Waals surface area contributed by atoms with Crippen molar-refractivity contribution in [3.05, 3.63) is 373 Å². The van der Waals surface area contributed by atoms with E-state index in [-0.39, 0.29) is 27.1 Å². The van der Waals surface area contributed by atoms with Gasteiger partial charge in [-0.05, 0) is 176 Å². The first-order chi connectivity index (χ1) is 49.4. The van der Waals surface area contributed by atoms with Gasteiger partial charge in [-0.25, -0.2) is 0 Å². The predicted octanol–water partition coefficient (Wildman–Crippen LogP) is 30.3. The Morgan fingerprint density at radius 1 is 0.144 bits per heavy atom. The summed E-state index contributed by atoms with van der Waals surface area (Å²) in [5.74, 6) is 0. The Morgan fingerprint density at radius 2 is 0.423 bits per heavy atom. The normalized spacial score (nSPS) is 11.8. The maximum absolute atomic E-state index is 2.32. The molecule has 0 bridgehead atoms. The van der Waals surface area contributed by atoms with Gasteiger partial charge in [0.2, 0.25) is 0 Å². The minimum atomic E-state index is 0.181. The van der Waals surface area contributed by atoms with Gasteiger partial charge in [0.15, 0.2) is 0 Å². The molecule has 0 N–H and O–H groups in total. The zero-order valence-corrected chi connectivity index (χ0v) is 65.3. The van der Waals surface area contributed by atoms with Crippen LogP contribution in [0.25, 0.3) is 98.4 Å². The molecule has 0 aliphatic rings. The van der Waals surface area contributed by atoms with Gasteiger partial charge >= 0.3 is 0 Å². The Morgan fingerprint density at radius 3 is 0.846 bits per heavy atom. The van der Waals surface area contributed by atoms with E-state index in [1.54, 1.807) is 0 Å². The van der Waals surface area contributed by atoms with Crippen molar-refractivity contribution in [2.24, 2.45) is 0 Å². The Balaban J connectivity index is 0.000000136. The molecule has 15 aromatic rings. The van der Waals surface area contributed by atoms with Crippen LogP contribution in [-0.2, 0) is 32.5 Å². The molecule has 0 aromatic heterocycles. The monoisotopic (exact) mass is 1360 g/mol. The zero-order chi connectivity index (χ0) is 74.5. The van der Waals surface area contributed by atoms with Gasteiger partial charge in [-0.3, -0.25) is 0 Å². The third-order valence-electron chi connectivity index (χ3n) is 19.6. The Hall–Kier alpha value is -10.4. The maximum Gasteiger partial charge on any atom is -0.0105 e. The lowest BCUT2D eigenvalue weighted by Crippen LogP contribution is -2.11. The van der Waals surface area contributed by atoms with Crippen molar-refractivity contribution in [3.8, 4) is 44.5 Å². The molecule has 104 heavy (non-hydrogen) atoms. The molecule has 0 fully saturated rings. The standard InChI is InChI=1S/4C20H20.C14H16.C10H14/c1-20(2,3)17-11-6-10-16(14-17)19-13-7-9-15-8-4-5-12-18(15)19;1-20(2,3)17-13-11-16(12-14-17)19-10-6-8-15-7-4-5-9-18(15)19;1-20(2,3)19-10-6-9-17(14-19)18-12-11-15-7-4-5-8-16(15)13-18;1-20(2,3)19-12-10-16(11-13-19)18-9-8-15-6-4-5-7-17(15)14-18;1-14(2,3)13-10-6-8-11-7-4-5-9-12(11)13;1-10(2,3)9-7-5-4-6-8-9/h4*4-14H,1-3H3;4-10H,1-3H3;4-8H,1-3H3. The van der Waals surface area contributed by atoms with Crippen molar-refractivity contribution < 1.29 is 0 Å². The highest BCUT2D eigenvalue weighted by molar-refractivity contribution is 5.98. The SMILES string of the molecule is CC(C)(C)c1ccc(-c2ccc3ccccc3c2)cc1.CC(C)(C)c1ccc(-c2cccc3ccccc23)cc1.CC(C)(C)c1cccc(-c2ccc3ccccc3c2)c1.CC(C)(C)c1cccc(-c2cccc3ccccc23)c1.CC(C)(C)c1cccc2ccccc12.CC(C)(C)c1ccccc1. The highest BCUT2D eigenvalue weighted by atomic mass is 14.2. The second kappa shape index (κ2) is 32.9. The summed E-state index contributed by atoms with van der Waals surface area (Å²) in [6.45, 7) is 40.5. The van der Waals surface area contributed by atoms with Gasteiger partial charge in [0.25, 0.3) is 0 Å². The Kier molecular flexibility index (Phi) is 24.1. The molecule has 0 aliphatic heterocycles. The summed E-state index contributed by atoms with van der Waals surface area (Å²) in [6.07, 6.45) is 0. The van der Waals surface area contributed by atoms with Crippen LogP contribution in [0.15, 0.2) is 340 Å². The summed E-state index contributed by atoms with van der Waals surface area (Å²) in [7, 11) is 0. The molecule has 526 valence electrons. The van der Waals surface area contributed by atoms with Crippen LogP contribution >= 0.6 is 0 Å².